The van der Waals surface area contributed by atoms with E-state index in [1.165, 1.54) is 0 Å². The highest BCUT2D eigenvalue weighted by molar-refractivity contribution is 7.91. The average molecular weight is 261 g/mol. The number of hydrogen-bond donors (Lipinski definition) is 0. The van der Waals surface area contributed by atoms with Gasteiger partial charge >= 0.3 is 0 Å². The van der Waals surface area contributed by atoms with Crippen molar-refractivity contribution in [3.63, 3.8) is 0 Å². The number of ketones is 1. The van der Waals surface area contributed by atoms with Gasteiger partial charge in [-0.15, -0.1) is 0 Å². The van der Waals surface area contributed by atoms with E-state index in [1.54, 1.807) is 18.7 Å². The zero-order valence-corrected chi connectivity index (χ0v) is 11.1. The first-order valence-corrected chi connectivity index (χ1v) is 7.55. The van der Waals surface area contributed by atoms with E-state index >= 15 is 0 Å². The zero-order chi connectivity index (χ0) is 13.1. The predicted molar refractivity (Wildman–Crippen MR) is 64.4 cm³/mol. The summed E-state index contributed by atoms with van der Waals surface area (Å²) in [6.45, 7) is 4.08. The van der Waals surface area contributed by atoms with Gasteiger partial charge in [0.1, 0.15) is 5.78 Å². The molecule has 0 saturated carbocycles. The van der Waals surface area contributed by atoms with Crippen LogP contribution in [0.15, 0.2) is 0 Å². The van der Waals surface area contributed by atoms with Crippen molar-refractivity contribution in [1.29, 1.82) is 0 Å². The molecule has 1 rings (SSSR count). The number of Topliss-reactive ketones (excluding diaryl/α,β-unsaturated/α-hetero) is 1. The van der Waals surface area contributed by atoms with Gasteiger partial charge in [-0.3, -0.25) is 9.59 Å². The highest BCUT2D eigenvalue weighted by Crippen LogP contribution is 2.09. The lowest BCUT2D eigenvalue weighted by Crippen LogP contribution is -2.39. The number of piperidine rings is 1. The molecule has 0 unspecified atom stereocenters. The summed E-state index contributed by atoms with van der Waals surface area (Å²) in [6, 6.07) is 0. The van der Waals surface area contributed by atoms with Gasteiger partial charge in [0, 0.05) is 32.4 Å². The zero-order valence-electron chi connectivity index (χ0n) is 10.3. The van der Waals surface area contributed by atoms with E-state index in [0.29, 0.717) is 25.9 Å². The summed E-state index contributed by atoms with van der Waals surface area (Å²) in [7, 11) is -3.16. The molecule has 0 N–H and O–H groups in total. The molecule has 1 saturated heterocycles. The van der Waals surface area contributed by atoms with Crippen molar-refractivity contribution in [3.8, 4) is 0 Å². The van der Waals surface area contributed by atoms with Gasteiger partial charge in [0.15, 0.2) is 9.84 Å². The summed E-state index contributed by atoms with van der Waals surface area (Å²) in [5, 5.41) is -0.446. The number of amides is 1. The molecule has 1 amide bonds. The number of sulfone groups is 1. The molecule has 5 nitrogen and oxygen atoms in total. The van der Waals surface area contributed by atoms with E-state index < -0.39 is 15.1 Å². The predicted octanol–water partition coefficient (Wildman–Crippen LogP) is 0.391. The molecule has 0 radical (unpaired) electrons. The monoisotopic (exact) mass is 261 g/mol. The van der Waals surface area contributed by atoms with Crippen molar-refractivity contribution in [3.05, 3.63) is 0 Å². The first-order chi connectivity index (χ1) is 7.83. The van der Waals surface area contributed by atoms with Crippen molar-refractivity contribution in [2.24, 2.45) is 0 Å². The maximum atomic E-state index is 11.7. The molecule has 17 heavy (non-hydrogen) atoms. The Bertz CT molecular complexity index is 390. The van der Waals surface area contributed by atoms with Crippen LogP contribution < -0.4 is 0 Å². The van der Waals surface area contributed by atoms with Gasteiger partial charge < -0.3 is 4.90 Å². The Morgan fingerprint density at radius 3 is 2.29 bits per heavy atom. The second kappa shape index (κ2) is 5.62. The average Bonchev–Trinajstić information content (AvgIpc) is 2.27. The van der Waals surface area contributed by atoms with Gasteiger partial charge in [-0.05, 0) is 13.8 Å². The van der Waals surface area contributed by atoms with Gasteiger partial charge in [-0.1, -0.05) is 0 Å². The lowest BCUT2D eigenvalue weighted by molar-refractivity contribution is -0.134. The van der Waals surface area contributed by atoms with Crippen molar-refractivity contribution < 1.29 is 18.0 Å². The number of hydrogen-bond acceptors (Lipinski definition) is 4. The standard InChI is InChI=1S/C11H19NO4S/c1-9(2)17(15,16)8-5-11(14)12-6-3-10(13)4-7-12/h9H,3-8H2,1-2H3. The van der Waals surface area contributed by atoms with Gasteiger partial charge in [0.2, 0.25) is 5.91 Å². The van der Waals surface area contributed by atoms with Crippen LogP contribution in [0.1, 0.15) is 33.1 Å². The van der Waals surface area contributed by atoms with Crippen LogP contribution in [0, 0.1) is 0 Å². The third-order valence-electron chi connectivity index (χ3n) is 2.99. The Hall–Kier alpha value is -0.910. The Balaban J connectivity index is 2.43. The highest BCUT2D eigenvalue weighted by Gasteiger charge is 2.23. The molecule has 6 heteroatoms. The third kappa shape index (κ3) is 4.11. The summed E-state index contributed by atoms with van der Waals surface area (Å²) in [5.41, 5.74) is 0. The molecule has 0 aromatic heterocycles. The SMILES string of the molecule is CC(C)S(=O)(=O)CCC(=O)N1CCC(=O)CC1. The van der Waals surface area contributed by atoms with Gasteiger partial charge in [-0.2, -0.15) is 0 Å². The molecular formula is C11H19NO4S. The smallest absolute Gasteiger partial charge is 0.223 e. The molecule has 1 aliphatic rings. The molecule has 0 spiro atoms. The minimum absolute atomic E-state index is 0.0225. The second-order valence-corrected chi connectivity index (χ2v) is 7.26. The van der Waals surface area contributed by atoms with Crippen LogP contribution in [0.3, 0.4) is 0 Å². The van der Waals surface area contributed by atoms with Crippen molar-refractivity contribution in [2.75, 3.05) is 18.8 Å². The van der Waals surface area contributed by atoms with Crippen LogP contribution in [-0.2, 0) is 19.4 Å². The number of nitrogens with zero attached hydrogens (tertiary/aromatic N) is 1. The van der Waals surface area contributed by atoms with Gasteiger partial charge in [0.25, 0.3) is 0 Å². The molecule has 1 fully saturated rings. The minimum atomic E-state index is -3.16. The van der Waals surface area contributed by atoms with Crippen LogP contribution in [0.2, 0.25) is 0 Å². The lowest BCUT2D eigenvalue weighted by Gasteiger charge is -2.26. The number of likely N-dealkylation sites (tertiary alicyclic amines) is 1. The second-order valence-electron chi connectivity index (χ2n) is 4.59. The number of carbonyl (C=O) groups excluding carboxylic acids is 2. The topological polar surface area (TPSA) is 71.5 Å². The van der Waals surface area contributed by atoms with E-state index in [4.69, 9.17) is 0 Å². The first-order valence-electron chi connectivity index (χ1n) is 5.84. The molecule has 0 aromatic carbocycles. The largest absolute Gasteiger partial charge is 0.342 e. The fraction of sp³-hybridized carbons (Fsp3) is 0.818. The van der Waals surface area contributed by atoms with Crippen molar-refractivity contribution in [2.45, 2.75) is 38.4 Å². The summed E-state index contributed by atoms with van der Waals surface area (Å²) < 4.78 is 23.1. The van der Waals surface area contributed by atoms with Gasteiger partial charge in [-0.25, -0.2) is 8.42 Å². The normalized spacial score (nSPS) is 17.6. The van der Waals surface area contributed by atoms with Crippen LogP contribution in [0.25, 0.3) is 0 Å². The molecule has 0 aliphatic carbocycles. The summed E-state index contributed by atoms with van der Waals surface area (Å²) >= 11 is 0. The molecule has 1 heterocycles. The van der Waals surface area contributed by atoms with Crippen LogP contribution >= 0.6 is 0 Å². The molecule has 0 aromatic rings. The van der Waals surface area contributed by atoms with Gasteiger partial charge in [0.05, 0.1) is 11.0 Å². The molecular weight excluding hydrogens is 242 g/mol. The van der Waals surface area contributed by atoms with Crippen LogP contribution in [0.4, 0.5) is 0 Å². The van der Waals surface area contributed by atoms with Crippen LogP contribution in [-0.4, -0.2) is 49.1 Å². The lowest BCUT2D eigenvalue weighted by atomic mass is 10.1. The van der Waals surface area contributed by atoms with Crippen molar-refractivity contribution >= 4 is 21.5 Å². The van der Waals surface area contributed by atoms with E-state index in [-0.39, 0.29) is 23.9 Å². The molecule has 98 valence electrons. The fourth-order valence-corrected chi connectivity index (χ4v) is 2.56. The summed E-state index contributed by atoms with van der Waals surface area (Å²) in [4.78, 5) is 24.3. The first kappa shape index (κ1) is 14.2. The summed E-state index contributed by atoms with van der Waals surface area (Å²) in [5.74, 6) is -0.0981. The Morgan fingerprint density at radius 1 is 1.29 bits per heavy atom. The maximum Gasteiger partial charge on any atom is 0.223 e. The van der Waals surface area contributed by atoms with E-state index in [0.717, 1.165) is 0 Å². The molecule has 0 bridgehead atoms. The third-order valence-corrected chi connectivity index (χ3v) is 5.20. The highest BCUT2D eigenvalue weighted by atomic mass is 32.2. The van der Waals surface area contributed by atoms with E-state index in [9.17, 15) is 18.0 Å². The molecule has 1 aliphatic heterocycles. The Labute approximate surface area is 102 Å². The van der Waals surface area contributed by atoms with E-state index in [1.807, 2.05) is 0 Å². The minimum Gasteiger partial charge on any atom is -0.342 e. The summed E-state index contributed by atoms with van der Waals surface area (Å²) in [6.07, 6.45) is 0.806. The number of rotatable bonds is 4. The Morgan fingerprint density at radius 2 is 1.82 bits per heavy atom. The fourth-order valence-electron chi connectivity index (χ4n) is 1.63. The maximum absolute atomic E-state index is 11.7. The quantitative estimate of drug-likeness (QED) is 0.734. The van der Waals surface area contributed by atoms with E-state index in [2.05, 4.69) is 0 Å². The molecule has 0 atom stereocenters. The van der Waals surface area contributed by atoms with Crippen molar-refractivity contribution in [1.82, 2.24) is 4.90 Å². The Kier molecular flexibility index (Phi) is 4.68. The van der Waals surface area contributed by atoms with Crippen LogP contribution in [0.5, 0.6) is 0 Å². The number of carbonyl (C=O) groups is 2.